The van der Waals surface area contributed by atoms with Crippen molar-refractivity contribution in [2.24, 2.45) is 0 Å². The van der Waals surface area contributed by atoms with E-state index in [-0.39, 0.29) is 6.54 Å². The highest BCUT2D eigenvalue weighted by Crippen LogP contribution is 2.41. The van der Waals surface area contributed by atoms with E-state index in [0.717, 1.165) is 22.9 Å². The Hall–Kier alpha value is -0.109. The van der Waals surface area contributed by atoms with Crippen molar-refractivity contribution in [1.29, 1.82) is 0 Å². The quantitative estimate of drug-likeness (QED) is 0.121. The lowest BCUT2D eigenvalue weighted by atomic mass is 10.4. The third-order valence-corrected chi connectivity index (χ3v) is 18.4. The molecule has 2 unspecified atom stereocenters. The molecular weight excluding hydrogens is 592 g/mol. The van der Waals surface area contributed by atoms with Crippen LogP contribution in [-0.4, -0.2) is 98.2 Å². The Balaban J connectivity index is 3.21. The number of benzene rings is 1. The maximum absolute atomic E-state index is 11.5. The molecule has 38 heavy (non-hydrogen) atoms. The van der Waals surface area contributed by atoms with Gasteiger partial charge in [-0.25, -0.2) is 0 Å². The predicted octanol–water partition coefficient (Wildman–Crippen LogP) is 2.22. The van der Waals surface area contributed by atoms with E-state index < -0.39 is 53.9 Å². The SMILES string of the molecule is CCCC[Si](OC)(O[Si](C)(CCCN(CP(=O)(O)O)CP(=O)(O)O)OC)O[Si](OC)(OC)c1ccccc1. The average molecular weight is 636 g/mol. The first-order valence-corrected chi connectivity index (χ1v) is 21.9. The molecule has 2 atom stereocenters. The first-order valence-electron chi connectivity index (χ1n) is 12.1. The highest BCUT2D eigenvalue weighted by atomic mass is 31.2. The van der Waals surface area contributed by atoms with Crippen LogP contribution >= 0.6 is 15.2 Å². The van der Waals surface area contributed by atoms with E-state index in [2.05, 4.69) is 0 Å². The molecule has 18 heteroatoms. The molecule has 1 aromatic carbocycles. The van der Waals surface area contributed by atoms with Crippen LogP contribution in [0.1, 0.15) is 26.2 Å². The molecule has 1 aromatic rings. The summed E-state index contributed by atoms with van der Waals surface area (Å²) >= 11 is 0. The van der Waals surface area contributed by atoms with E-state index in [4.69, 9.17) is 25.9 Å². The predicted molar refractivity (Wildman–Crippen MR) is 149 cm³/mol. The molecule has 1 rings (SSSR count). The second-order valence-electron chi connectivity index (χ2n) is 8.97. The molecule has 222 valence electrons. The largest absolute Gasteiger partial charge is 0.529 e. The lowest BCUT2D eigenvalue weighted by Crippen LogP contribution is -2.66. The summed E-state index contributed by atoms with van der Waals surface area (Å²) in [6.45, 7) is 3.87. The fourth-order valence-corrected chi connectivity index (χ4v) is 17.0. The van der Waals surface area contributed by atoms with Crippen molar-refractivity contribution in [3.05, 3.63) is 30.3 Å². The van der Waals surface area contributed by atoms with Crippen molar-refractivity contribution in [2.45, 2.75) is 44.8 Å². The summed E-state index contributed by atoms with van der Waals surface area (Å²) in [6, 6.07) is 10.1. The standard InChI is InChI=1S/C20H43NO12P2Si3/c1-7-8-17-37(29-3,33-38(30-4,31-5)20-13-10-9-11-14-20)32-36(6,28-2)16-12-15-21(18-34(22,23)24)19-35(25,26)27/h9-11,13-14H,7-8,12,15-19H2,1-6H3,(H2,22,23,24)(H2,25,26,27). The number of hydrogen-bond acceptors (Lipinski definition) is 9. The van der Waals surface area contributed by atoms with Gasteiger partial charge in [-0.2, -0.15) is 0 Å². The summed E-state index contributed by atoms with van der Waals surface area (Å²) in [7, 11) is -13.0. The zero-order valence-electron chi connectivity index (χ0n) is 22.9. The third-order valence-electron chi connectivity index (χ3n) is 5.78. The minimum absolute atomic E-state index is 0.0156. The van der Waals surface area contributed by atoms with Gasteiger partial charge in [-0.05, 0) is 32.0 Å². The topological polar surface area (TPSA) is 174 Å². The van der Waals surface area contributed by atoms with E-state index in [0.29, 0.717) is 18.5 Å². The Morgan fingerprint density at radius 1 is 0.789 bits per heavy atom. The van der Waals surface area contributed by atoms with Gasteiger partial charge in [0.1, 0.15) is 12.6 Å². The average Bonchev–Trinajstić information content (AvgIpc) is 2.84. The molecule has 0 aliphatic carbocycles. The van der Waals surface area contributed by atoms with E-state index in [1.807, 2.05) is 43.8 Å². The van der Waals surface area contributed by atoms with Crippen molar-refractivity contribution >= 4 is 46.5 Å². The molecule has 0 heterocycles. The van der Waals surface area contributed by atoms with E-state index in [9.17, 15) is 28.7 Å². The van der Waals surface area contributed by atoms with Gasteiger partial charge in [-0.1, -0.05) is 43.7 Å². The van der Waals surface area contributed by atoms with E-state index in [1.165, 1.54) is 28.4 Å². The van der Waals surface area contributed by atoms with Crippen LogP contribution in [0.25, 0.3) is 0 Å². The summed E-state index contributed by atoms with van der Waals surface area (Å²) in [5.41, 5.74) is 0. The monoisotopic (exact) mass is 635 g/mol. The molecular formula is C20H43NO12P2Si3. The van der Waals surface area contributed by atoms with Crippen molar-refractivity contribution in [3.63, 3.8) is 0 Å². The number of nitrogens with zero attached hydrogens (tertiary/aromatic N) is 1. The molecule has 0 saturated carbocycles. The summed E-state index contributed by atoms with van der Waals surface area (Å²) in [6.07, 6.45) is 0.365. The maximum atomic E-state index is 11.5. The summed E-state index contributed by atoms with van der Waals surface area (Å²) in [5.74, 6) is 0. The van der Waals surface area contributed by atoms with E-state index >= 15 is 0 Å². The van der Waals surface area contributed by atoms with Crippen molar-refractivity contribution in [2.75, 3.05) is 47.6 Å². The molecule has 0 aromatic heterocycles. The van der Waals surface area contributed by atoms with Gasteiger partial charge in [0.2, 0.25) is 0 Å². The zero-order chi connectivity index (χ0) is 29.1. The highest BCUT2D eigenvalue weighted by Gasteiger charge is 2.56. The zero-order valence-corrected chi connectivity index (χ0v) is 27.7. The highest BCUT2D eigenvalue weighted by molar-refractivity contribution is 7.52. The maximum Gasteiger partial charge on any atom is 0.529 e. The summed E-state index contributed by atoms with van der Waals surface area (Å²) in [4.78, 5) is 38.4. The smallest absolute Gasteiger partial charge is 0.398 e. The van der Waals surface area contributed by atoms with Gasteiger partial charge in [-0.15, -0.1) is 0 Å². The molecule has 0 amide bonds. The molecule has 4 N–H and O–H groups in total. The van der Waals surface area contributed by atoms with Crippen LogP contribution in [-0.2, 0) is 35.1 Å². The van der Waals surface area contributed by atoms with Crippen LogP contribution < -0.4 is 5.19 Å². The van der Waals surface area contributed by atoms with Crippen LogP contribution in [0.4, 0.5) is 0 Å². The molecule has 0 aliphatic heterocycles. The minimum atomic E-state index is -4.53. The lowest BCUT2D eigenvalue weighted by Gasteiger charge is -2.41. The Morgan fingerprint density at radius 3 is 1.76 bits per heavy atom. The molecule has 0 saturated heterocycles. The van der Waals surface area contributed by atoms with Crippen LogP contribution in [0.5, 0.6) is 0 Å². The van der Waals surface area contributed by atoms with Crippen LogP contribution in [0.3, 0.4) is 0 Å². The first-order chi connectivity index (χ1) is 17.6. The van der Waals surface area contributed by atoms with Gasteiger partial charge < -0.3 is 45.5 Å². The number of unbranched alkanes of at least 4 members (excludes halogenated alkanes) is 1. The molecule has 0 fully saturated rings. The van der Waals surface area contributed by atoms with E-state index in [1.54, 1.807) is 0 Å². The van der Waals surface area contributed by atoms with Crippen molar-refractivity contribution in [1.82, 2.24) is 4.90 Å². The van der Waals surface area contributed by atoms with Crippen molar-refractivity contribution in [3.8, 4) is 0 Å². The Bertz CT molecular complexity index is 896. The second-order valence-corrected chi connectivity index (χ2v) is 21.8. The lowest BCUT2D eigenvalue weighted by molar-refractivity contribution is 0.104. The van der Waals surface area contributed by atoms with Gasteiger partial charge in [0.05, 0.1) is 0 Å². The number of rotatable bonds is 20. The summed E-state index contributed by atoms with van der Waals surface area (Å²) in [5, 5.41) is 0.741. The molecule has 0 radical (unpaired) electrons. The Labute approximate surface area is 228 Å². The fraction of sp³-hybridized carbons (Fsp3) is 0.700. The van der Waals surface area contributed by atoms with Gasteiger partial charge in [0, 0.05) is 39.7 Å². The molecule has 0 bridgehead atoms. The van der Waals surface area contributed by atoms with Crippen molar-refractivity contribution < 1.29 is 54.6 Å². The van der Waals surface area contributed by atoms with Gasteiger partial charge in [0.15, 0.2) is 0 Å². The molecule has 13 nitrogen and oxygen atoms in total. The Kier molecular flexibility index (Phi) is 14.9. The van der Waals surface area contributed by atoms with Crippen LogP contribution in [0.2, 0.25) is 18.6 Å². The number of hydrogen-bond donors (Lipinski definition) is 4. The molecule has 0 aliphatic rings. The van der Waals surface area contributed by atoms with Crippen LogP contribution in [0.15, 0.2) is 30.3 Å². The third kappa shape index (κ3) is 12.2. The van der Waals surface area contributed by atoms with Gasteiger partial charge >= 0.3 is 41.4 Å². The summed E-state index contributed by atoms with van der Waals surface area (Å²) < 4.78 is 59.8. The fourth-order valence-electron chi connectivity index (χ4n) is 3.86. The normalized spacial score (nSPS) is 16.4. The second kappa shape index (κ2) is 15.8. The minimum Gasteiger partial charge on any atom is -0.398 e. The molecule has 0 spiro atoms. The Morgan fingerprint density at radius 2 is 1.34 bits per heavy atom. The van der Waals surface area contributed by atoms with Gasteiger partial charge in [0.25, 0.3) is 0 Å². The first kappa shape index (κ1) is 35.9. The van der Waals surface area contributed by atoms with Gasteiger partial charge in [-0.3, -0.25) is 14.0 Å². The van der Waals surface area contributed by atoms with Crippen LogP contribution in [0, 0.1) is 0 Å².